The molecule has 3 heteroatoms. The van der Waals surface area contributed by atoms with Gasteiger partial charge in [0.25, 0.3) is 5.91 Å². The Morgan fingerprint density at radius 3 is 2.67 bits per heavy atom. The summed E-state index contributed by atoms with van der Waals surface area (Å²) >= 11 is 0. The molecule has 3 rings (SSSR count). The summed E-state index contributed by atoms with van der Waals surface area (Å²) in [6.45, 7) is 4.05. The monoisotopic (exact) mass is 276 g/mol. The number of aromatic nitrogens is 1. The van der Waals surface area contributed by atoms with E-state index >= 15 is 0 Å². The van der Waals surface area contributed by atoms with E-state index in [2.05, 4.69) is 41.1 Å². The summed E-state index contributed by atoms with van der Waals surface area (Å²) in [6, 6.07) is 18.2. The highest BCUT2D eigenvalue weighted by Gasteiger charge is 2.09. The van der Waals surface area contributed by atoms with Gasteiger partial charge in [-0.3, -0.25) is 4.79 Å². The lowest BCUT2D eigenvalue weighted by Crippen LogP contribution is -2.23. The van der Waals surface area contributed by atoms with Crippen LogP contribution in [0.2, 0.25) is 0 Å². The molecule has 0 atom stereocenters. The number of H-pyrrole nitrogens is 1. The number of aromatic amines is 1. The molecule has 0 saturated carbocycles. The first-order chi connectivity index (χ1) is 10.3. The molecule has 2 N–H and O–H groups in total. The third kappa shape index (κ3) is 2.72. The van der Waals surface area contributed by atoms with Gasteiger partial charge in [-0.15, -0.1) is 6.58 Å². The van der Waals surface area contributed by atoms with Crippen molar-refractivity contribution in [1.29, 1.82) is 0 Å². The van der Waals surface area contributed by atoms with Crippen LogP contribution in [0, 0.1) is 0 Å². The predicted molar refractivity (Wildman–Crippen MR) is 86.3 cm³/mol. The smallest absolute Gasteiger partial charge is 0.267 e. The Hall–Kier alpha value is -2.81. The fourth-order valence-electron chi connectivity index (χ4n) is 2.33. The average Bonchev–Trinajstić information content (AvgIpc) is 2.96. The van der Waals surface area contributed by atoms with Crippen LogP contribution in [0.1, 0.15) is 10.5 Å². The molecular weight excluding hydrogens is 260 g/mol. The van der Waals surface area contributed by atoms with E-state index in [9.17, 15) is 4.79 Å². The lowest BCUT2D eigenvalue weighted by Gasteiger charge is -2.00. The first-order valence-electron chi connectivity index (χ1n) is 6.85. The van der Waals surface area contributed by atoms with Gasteiger partial charge in [-0.2, -0.15) is 0 Å². The third-order valence-corrected chi connectivity index (χ3v) is 3.38. The van der Waals surface area contributed by atoms with Crippen molar-refractivity contribution in [1.82, 2.24) is 10.3 Å². The van der Waals surface area contributed by atoms with Crippen LogP contribution in [0.25, 0.3) is 22.0 Å². The summed E-state index contributed by atoms with van der Waals surface area (Å²) in [5.41, 5.74) is 3.83. The summed E-state index contributed by atoms with van der Waals surface area (Å²) in [5, 5.41) is 3.80. The standard InChI is InChI=1S/C18H16N2O/c1-2-10-19-18(21)17-12-15-11-14(8-9-16(15)20-17)13-6-4-3-5-7-13/h2-9,11-12,20H,1,10H2,(H,19,21). The van der Waals surface area contributed by atoms with Crippen molar-refractivity contribution in [2.75, 3.05) is 6.54 Å². The van der Waals surface area contributed by atoms with Gasteiger partial charge in [0.05, 0.1) is 0 Å². The minimum absolute atomic E-state index is 0.118. The van der Waals surface area contributed by atoms with Crippen molar-refractivity contribution in [2.24, 2.45) is 0 Å². The van der Waals surface area contributed by atoms with E-state index in [1.54, 1.807) is 6.08 Å². The fourth-order valence-corrected chi connectivity index (χ4v) is 2.33. The van der Waals surface area contributed by atoms with Gasteiger partial charge in [0, 0.05) is 17.4 Å². The van der Waals surface area contributed by atoms with Gasteiger partial charge in [-0.1, -0.05) is 42.5 Å². The molecule has 3 nitrogen and oxygen atoms in total. The van der Waals surface area contributed by atoms with Gasteiger partial charge in [-0.25, -0.2) is 0 Å². The molecule has 0 fully saturated rings. The van der Waals surface area contributed by atoms with Gasteiger partial charge in [0.15, 0.2) is 0 Å². The summed E-state index contributed by atoms with van der Waals surface area (Å²) < 4.78 is 0. The maximum Gasteiger partial charge on any atom is 0.267 e. The van der Waals surface area contributed by atoms with Crippen LogP contribution in [0.5, 0.6) is 0 Å². The van der Waals surface area contributed by atoms with E-state index in [1.165, 1.54) is 5.56 Å². The van der Waals surface area contributed by atoms with Crippen molar-refractivity contribution in [2.45, 2.75) is 0 Å². The second kappa shape index (κ2) is 5.67. The number of amides is 1. The molecule has 3 aromatic rings. The van der Waals surface area contributed by atoms with Crippen LogP contribution in [0.4, 0.5) is 0 Å². The average molecular weight is 276 g/mol. The lowest BCUT2D eigenvalue weighted by molar-refractivity contribution is 0.0954. The van der Waals surface area contributed by atoms with Crippen LogP contribution in [0.15, 0.2) is 67.3 Å². The molecule has 0 aliphatic carbocycles. The van der Waals surface area contributed by atoms with Crippen molar-refractivity contribution in [3.63, 3.8) is 0 Å². The number of benzene rings is 2. The van der Waals surface area contributed by atoms with E-state index in [-0.39, 0.29) is 5.91 Å². The van der Waals surface area contributed by atoms with Gasteiger partial charge in [0.1, 0.15) is 5.69 Å². The number of rotatable bonds is 4. The predicted octanol–water partition coefficient (Wildman–Crippen LogP) is 3.75. The lowest BCUT2D eigenvalue weighted by atomic mass is 10.0. The zero-order valence-corrected chi connectivity index (χ0v) is 11.6. The maximum absolute atomic E-state index is 11.9. The molecule has 1 amide bonds. The van der Waals surface area contributed by atoms with Crippen molar-refractivity contribution in [3.8, 4) is 11.1 Å². The van der Waals surface area contributed by atoms with Crippen molar-refractivity contribution >= 4 is 16.8 Å². The third-order valence-electron chi connectivity index (χ3n) is 3.38. The van der Waals surface area contributed by atoms with Crippen LogP contribution in [0.3, 0.4) is 0 Å². The number of hydrogen-bond acceptors (Lipinski definition) is 1. The van der Waals surface area contributed by atoms with Crippen LogP contribution in [-0.2, 0) is 0 Å². The van der Waals surface area contributed by atoms with Gasteiger partial charge in [0.2, 0.25) is 0 Å². The molecule has 1 heterocycles. The summed E-state index contributed by atoms with van der Waals surface area (Å²) in [5.74, 6) is -0.118. The van der Waals surface area contributed by atoms with E-state index in [4.69, 9.17) is 0 Å². The number of fused-ring (bicyclic) bond motifs is 1. The summed E-state index contributed by atoms with van der Waals surface area (Å²) in [4.78, 5) is 15.1. The molecular formula is C18H16N2O. The molecule has 0 spiro atoms. The van der Waals surface area contributed by atoms with Gasteiger partial charge < -0.3 is 10.3 Å². The van der Waals surface area contributed by atoms with Gasteiger partial charge >= 0.3 is 0 Å². The Morgan fingerprint density at radius 1 is 1.10 bits per heavy atom. The topological polar surface area (TPSA) is 44.9 Å². The molecule has 0 aliphatic heterocycles. The second-order valence-corrected chi connectivity index (χ2v) is 4.85. The van der Waals surface area contributed by atoms with Crippen molar-refractivity contribution < 1.29 is 4.79 Å². The van der Waals surface area contributed by atoms with E-state index < -0.39 is 0 Å². The Labute approximate surface area is 123 Å². The van der Waals surface area contributed by atoms with Crippen molar-refractivity contribution in [3.05, 3.63) is 72.9 Å². The Balaban J connectivity index is 1.95. The van der Waals surface area contributed by atoms with E-state index in [0.717, 1.165) is 16.5 Å². The number of hydrogen-bond donors (Lipinski definition) is 2. The molecule has 0 aliphatic rings. The van der Waals surface area contributed by atoms with E-state index in [0.29, 0.717) is 12.2 Å². The molecule has 0 radical (unpaired) electrons. The minimum Gasteiger partial charge on any atom is -0.351 e. The highest BCUT2D eigenvalue weighted by atomic mass is 16.1. The Bertz CT molecular complexity index is 787. The molecule has 21 heavy (non-hydrogen) atoms. The van der Waals surface area contributed by atoms with E-state index in [1.807, 2.05) is 30.3 Å². The number of carbonyl (C=O) groups excluding carboxylic acids is 1. The van der Waals surface area contributed by atoms with Crippen LogP contribution >= 0.6 is 0 Å². The first-order valence-corrected chi connectivity index (χ1v) is 6.85. The normalized spacial score (nSPS) is 10.5. The summed E-state index contributed by atoms with van der Waals surface area (Å²) in [7, 11) is 0. The van der Waals surface area contributed by atoms with Crippen LogP contribution < -0.4 is 5.32 Å². The van der Waals surface area contributed by atoms with Crippen LogP contribution in [-0.4, -0.2) is 17.4 Å². The molecule has 0 saturated heterocycles. The molecule has 0 bridgehead atoms. The van der Waals surface area contributed by atoms with Gasteiger partial charge in [-0.05, 0) is 29.3 Å². The molecule has 2 aromatic carbocycles. The zero-order valence-electron chi connectivity index (χ0n) is 11.6. The molecule has 1 aromatic heterocycles. The Morgan fingerprint density at radius 2 is 1.90 bits per heavy atom. The first kappa shape index (κ1) is 13.2. The zero-order chi connectivity index (χ0) is 14.7. The number of nitrogens with one attached hydrogen (secondary N) is 2. The summed E-state index contributed by atoms with van der Waals surface area (Å²) in [6.07, 6.45) is 1.66. The highest BCUT2D eigenvalue weighted by Crippen LogP contribution is 2.24. The molecule has 0 unspecified atom stereocenters. The number of carbonyl (C=O) groups is 1. The Kier molecular flexibility index (Phi) is 3.56. The largest absolute Gasteiger partial charge is 0.351 e. The SMILES string of the molecule is C=CCNC(=O)c1cc2cc(-c3ccccc3)ccc2[nH]1. The highest BCUT2D eigenvalue weighted by molar-refractivity contribution is 5.98. The maximum atomic E-state index is 11.9. The quantitative estimate of drug-likeness (QED) is 0.700. The fraction of sp³-hybridized carbons (Fsp3) is 0.0556. The molecule has 104 valence electrons. The minimum atomic E-state index is -0.118. The second-order valence-electron chi connectivity index (χ2n) is 4.85.